The summed E-state index contributed by atoms with van der Waals surface area (Å²) >= 11 is 3.23. The number of nitrogens with zero attached hydrogens (tertiary/aromatic N) is 1. The van der Waals surface area contributed by atoms with E-state index >= 15 is 0 Å². The third-order valence-electron chi connectivity index (χ3n) is 6.78. The van der Waals surface area contributed by atoms with Crippen molar-refractivity contribution in [3.05, 3.63) is 77.9 Å². The molecule has 5 N–H and O–H groups in total. The van der Waals surface area contributed by atoms with Crippen molar-refractivity contribution < 1.29 is 14.4 Å². The van der Waals surface area contributed by atoms with Crippen LogP contribution in [0, 0.1) is 0 Å². The van der Waals surface area contributed by atoms with Gasteiger partial charge in [-0.1, -0.05) is 48.5 Å². The van der Waals surface area contributed by atoms with Crippen molar-refractivity contribution in [3.8, 4) is 11.1 Å². The molecule has 4 rings (SSSR count). The van der Waals surface area contributed by atoms with Crippen LogP contribution in [0.1, 0.15) is 38.3 Å². The van der Waals surface area contributed by atoms with Crippen LogP contribution < -0.4 is 26.6 Å². The van der Waals surface area contributed by atoms with E-state index < -0.39 is 11.6 Å². The van der Waals surface area contributed by atoms with Crippen LogP contribution in [-0.2, 0) is 22.7 Å². The third-order valence-corrected chi connectivity index (χ3v) is 8.64. The second kappa shape index (κ2) is 14.1. The molecule has 8 nitrogen and oxygen atoms in total. The summed E-state index contributed by atoms with van der Waals surface area (Å²) in [5.74, 6) is 0.0609. The quantitative estimate of drug-likeness (QED) is 0.238. The Kier molecular flexibility index (Phi) is 10.6. The van der Waals surface area contributed by atoms with Crippen LogP contribution in [0.2, 0.25) is 0 Å². The first-order valence-electron chi connectivity index (χ1n) is 14.0. The second-order valence-electron chi connectivity index (χ2n) is 10.9. The molecule has 0 aliphatic carbocycles. The maximum atomic E-state index is 13.9. The van der Waals surface area contributed by atoms with Gasteiger partial charge in [-0.2, -0.15) is 0 Å². The predicted molar refractivity (Wildman–Crippen MR) is 173 cm³/mol. The average Bonchev–Trinajstić information content (AvgIpc) is 3.08. The van der Waals surface area contributed by atoms with Crippen molar-refractivity contribution in [2.24, 2.45) is 5.73 Å². The zero-order chi connectivity index (χ0) is 30.3. The van der Waals surface area contributed by atoms with Crippen molar-refractivity contribution in [1.82, 2.24) is 16.0 Å². The lowest BCUT2D eigenvalue weighted by molar-refractivity contribution is -0.127. The minimum Gasteiger partial charge on any atom is -0.343 e. The lowest BCUT2D eigenvalue weighted by Crippen LogP contribution is -2.51. The molecule has 1 atom stereocenters. The molecule has 0 aromatic heterocycles. The largest absolute Gasteiger partial charge is 0.343 e. The molecule has 3 aromatic rings. The van der Waals surface area contributed by atoms with Crippen LogP contribution in [0.3, 0.4) is 0 Å². The number of benzene rings is 3. The number of fused-ring (bicyclic) bond motifs is 1. The van der Waals surface area contributed by atoms with E-state index in [9.17, 15) is 14.4 Å². The van der Waals surface area contributed by atoms with Crippen LogP contribution in [-0.4, -0.2) is 48.0 Å². The zero-order valence-electron chi connectivity index (χ0n) is 24.5. The summed E-state index contributed by atoms with van der Waals surface area (Å²) < 4.78 is 0. The summed E-state index contributed by atoms with van der Waals surface area (Å²) in [4.78, 5) is 42.5. The summed E-state index contributed by atoms with van der Waals surface area (Å²) in [6.07, 6.45) is 2.16. The normalized spacial score (nSPS) is 15.0. The SMILES string of the molecule is CCNC(=O)NCc1ccccc1-c1ccc(CN2C(=O)[C@H](NC(=O)CC(C)(C)N)CSc3cc(SC)ccc32)cc1. The van der Waals surface area contributed by atoms with Crippen molar-refractivity contribution in [2.45, 2.75) is 61.7 Å². The maximum Gasteiger partial charge on any atom is 0.315 e. The van der Waals surface area contributed by atoms with Gasteiger partial charge >= 0.3 is 6.03 Å². The fourth-order valence-electron chi connectivity index (χ4n) is 4.76. The first-order chi connectivity index (χ1) is 20.1. The van der Waals surface area contributed by atoms with Crippen molar-refractivity contribution >= 4 is 47.1 Å². The molecule has 222 valence electrons. The molecule has 0 saturated heterocycles. The average molecular weight is 606 g/mol. The fourth-order valence-corrected chi connectivity index (χ4v) is 6.39. The highest BCUT2D eigenvalue weighted by molar-refractivity contribution is 8.00. The van der Waals surface area contributed by atoms with E-state index in [1.807, 2.05) is 73.8 Å². The summed E-state index contributed by atoms with van der Waals surface area (Å²) in [6.45, 7) is 6.81. The molecule has 3 aromatic carbocycles. The van der Waals surface area contributed by atoms with E-state index in [-0.39, 0.29) is 24.3 Å². The molecule has 0 unspecified atom stereocenters. The van der Waals surface area contributed by atoms with Gasteiger partial charge in [0.25, 0.3) is 5.91 Å². The number of hydrogen-bond donors (Lipinski definition) is 4. The molecule has 0 bridgehead atoms. The van der Waals surface area contributed by atoms with E-state index in [2.05, 4.69) is 22.0 Å². The molecular weight excluding hydrogens is 567 g/mol. The van der Waals surface area contributed by atoms with Gasteiger partial charge in [-0.15, -0.1) is 23.5 Å². The van der Waals surface area contributed by atoms with E-state index in [1.165, 1.54) is 0 Å². The molecule has 1 aliphatic rings. The van der Waals surface area contributed by atoms with E-state index in [0.29, 0.717) is 25.4 Å². The van der Waals surface area contributed by atoms with Crippen molar-refractivity contribution in [1.29, 1.82) is 0 Å². The van der Waals surface area contributed by atoms with Crippen molar-refractivity contribution in [3.63, 3.8) is 0 Å². The molecular formula is C32H39N5O3S2. The molecule has 1 heterocycles. The molecule has 1 aliphatic heterocycles. The first-order valence-corrected chi connectivity index (χ1v) is 16.2. The van der Waals surface area contributed by atoms with E-state index in [4.69, 9.17) is 5.73 Å². The summed E-state index contributed by atoms with van der Waals surface area (Å²) in [5.41, 5.74) is 10.2. The summed E-state index contributed by atoms with van der Waals surface area (Å²) in [7, 11) is 0. The highest BCUT2D eigenvalue weighted by Gasteiger charge is 2.33. The highest BCUT2D eigenvalue weighted by Crippen LogP contribution is 2.38. The zero-order valence-corrected chi connectivity index (χ0v) is 26.2. The van der Waals surface area contributed by atoms with Crippen LogP contribution in [0.15, 0.2) is 76.5 Å². The highest BCUT2D eigenvalue weighted by atomic mass is 32.2. The fraction of sp³-hybridized carbons (Fsp3) is 0.344. The van der Waals surface area contributed by atoms with Gasteiger partial charge in [-0.05, 0) is 67.5 Å². The number of carbonyl (C=O) groups excluding carboxylic acids is 3. The van der Waals surface area contributed by atoms with Gasteiger partial charge in [0, 0.05) is 40.6 Å². The number of hydrogen-bond acceptors (Lipinski definition) is 6. The molecule has 0 fully saturated rings. The van der Waals surface area contributed by atoms with Crippen LogP contribution >= 0.6 is 23.5 Å². The summed E-state index contributed by atoms with van der Waals surface area (Å²) in [6, 6.07) is 21.4. The number of nitrogens with one attached hydrogen (secondary N) is 3. The van der Waals surface area contributed by atoms with Gasteiger partial charge in [0.1, 0.15) is 6.04 Å². The molecule has 0 radical (unpaired) electrons. The Bertz CT molecular complexity index is 1420. The smallest absolute Gasteiger partial charge is 0.315 e. The standard InChI is InChI=1S/C32H39N5O3S2/c1-5-34-31(40)35-18-23-8-6-7-9-25(23)22-12-10-21(11-13-22)19-37-27-15-14-24(41-4)16-28(27)42-20-26(30(37)39)36-29(38)17-32(2,3)33/h6-16,26H,5,17-20,33H2,1-4H3,(H,36,38)(H2,34,35,40)/t26-/m1/s1. The molecule has 0 saturated carbocycles. The second-order valence-corrected chi connectivity index (χ2v) is 12.9. The number of nitrogens with two attached hydrogens (primary N) is 1. The van der Waals surface area contributed by atoms with Gasteiger partial charge in [0.05, 0.1) is 12.2 Å². The monoisotopic (exact) mass is 605 g/mol. The number of amides is 4. The predicted octanol–water partition coefficient (Wildman–Crippen LogP) is 5.15. The first kappa shape index (κ1) is 31.5. The van der Waals surface area contributed by atoms with Crippen molar-refractivity contribution in [2.75, 3.05) is 23.5 Å². The van der Waals surface area contributed by atoms with Gasteiger partial charge in [0.15, 0.2) is 0 Å². The number of anilines is 1. The minimum absolute atomic E-state index is 0.132. The summed E-state index contributed by atoms with van der Waals surface area (Å²) in [5, 5.41) is 8.59. The Morgan fingerprint density at radius 1 is 1.07 bits per heavy atom. The Hall–Kier alpha value is -3.47. The lowest BCUT2D eigenvalue weighted by Gasteiger charge is -2.27. The van der Waals surface area contributed by atoms with Gasteiger partial charge in [-0.25, -0.2) is 4.79 Å². The Morgan fingerprint density at radius 3 is 2.50 bits per heavy atom. The minimum atomic E-state index is -0.668. The topological polar surface area (TPSA) is 117 Å². The third kappa shape index (κ3) is 8.30. The number of thioether (sulfide) groups is 2. The van der Waals surface area contributed by atoms with Crippen LogP contribution in [0.25, 0.3) is 11.1 Å². The Morgan fingerprint density at radius 2 is 1.81 bits per heavy atom. The van der Waals surface area contributed by atoms with Gasteiger partial charge in [0.2, 0.25) is 5.91 Å². The number of carbonyl (C=O) groups is 3. The number of rotatable bonds is 10. The maximum absolute atomic E-state index is 13.9. The molecule has 0 spiro atoms. The Balaban J connectivity index is 1.57. The van der Waals surface area contributed by atoms with E-state index in [1.54, 1.807) is 42.3 Å². The van der Waals surface area contributed by atoms with E-state index in [0.717, 1.165) is 37.7 Å². The molecule has 4 amide bonds. The van der Waals surface area contributed by atoms with Crippen LogP contribution in [0.5, 0.6) is 0 Å². The van der Waals surface area contributed by atoms with Gasteiger partial charge in [-0.3, -0.25) is 9.59 Å². The van der Waals surface area contributed by atoms with Crippen LogP contribution in [0.4, 0.5) is 10.5 Å². The lowest BCUT2D eigenvalue weighted by atomic mass is 9.98. The molecule has 10 heteroatoms. The Labute approximate surface area is 256 Å². The molecule has 42 heavy (non-hydrogen) atoms. The van der Waals surface area contributed by atoms with Gasteiger partial charge < -0.3 is 26.6 Å². The number of urea groups is 1.